The molecule has 4 aliphatic heterocycles. The van der Waals surface area contributed by atoms with E-state index in [9.17, 15) is 32.8 Å². The maximum Gasteiger partial charge on any atom is 0.363 e. The van der Waals surface area contributed by atoms with Crippen molar-refractivity contribution in [3.05, 3.63) is 119 Å². The van der Waals surface area contributed by atoms with Crippen molar-refractivity contribution < 1.29 is 42.5 Å². The van der Waals surface area contributed by atoms with Gasteiger partial charge in [-0.3, -0.25) is 24.2 Å². The predicted molar refractivity (Wildman–Crippen MR) is 235 cm³/mol. The fourth-order valence-electron chi connectivity index (χ4n) is 7.85. The average Bonchev–Trinajstić information content (AvgIpc) is 3.80. The third-order valence-corrected chi connectivity index (χ3v) is 12.6. The van der Waals surface area contributed by atoms with E-state index < -0.39 is 28.6 Å². The fourth-order valence-corrected chi connectivity index (χ4v) is 8.67. The monoisotopic (exact) mass is 875 g/mol. The lowest BCUT2D eigenvalue weighted by molar-refractivity contribution is -0.172. The van der Waals surface area contributed by atoms with E-state index in [-0.39, 0.29) is 30.5 Å². The van der Waals surface area contributed by atoms with Crippen molar-refractivity contribution in [2.75, 3.05) is 43.7 Å². The molecule has 3 amide bonds. The molecule has 0 radical (unpaired) electrons. The third-order valence-electron chi connectivity index (χ3n) is 11.2. The van der Waals surface area contributed by atoms with E-state index in [4.69, 9.17) is 14.7 Å². The van der Waals surface area contributed by atoms with E-state index in [0.29, 0.717) is 65.0 Å². The van der Waals surface area contributed by atoms with Gasteiger partial charge in [0.25, 0.3) is 17.7 Å². The van der Waals surface area contributed by atoms with E-state index in [1.807, 2.05) is 77.9 Å². The number of aliphatic imine (C=N–C) groups is 1. The number of likely N-dealkylation sites (N-methyl/N-ethyl adjacent to an activating group) is 1. The molecule has 14 nitrogen and oxygen atoms in total. The van der Waals surface area contributed by atoms with Crippen LogP contribution in [0.1, 0.15) is 67.9 Å². The fraction of sp³-hybridized carbons (Fsp3) is 0.372. The van der Waals surface area contributed by atoms with E-state index in [1.165, 1.54) is 12.2 Å². The van der Waals surface area contributed by atoms with Crippen molar-refractivity contribution in [1.82, 2.24) is 15.0 Å². The Morgan fingerprint density at radius 1 is 0.950 bits per heavy atom. The third kappa shape index (κ3) is 9.03. The van der Waals surface area contributed by atoms with Gasteiger partial charge in [-0.25, -0.2) is 9.86 Å². The number of anilines is 1. The minimum absolute atomic E-state index is 0.00430. The Bertz CT molecular complexity index is 2170. The number of hydrogen-bond donors (Lipinski definition) is 3. The van der Waals surface area contributed by atoms with E-state index in [2.05, 4.69) is 25.7 Å². The van der Waals surface area contributed by atoms with Crippen molar-refractivity contribution >= 4 is 71.2 Å². The lowest BCUT2D eigenvalue weighted by Crippen LogP contribution is -2.38. The zero-order valence-electron chi connectivity index (χ0n) is 34.1. The van der Waals surface area contributed by atoms with Crippen LogP contribution in [0.5, 0.6) is 0 Å². The zero-order valence-corrected chi connectivity index (χ0v) is 36.5. The minimum Gasteiger partial charge on any atom is -0.352 e. The molecule has 60 heavy (non-hydrogen) atoms. The smallest absolute Gasteiger partial charge is 0.352 e. The molecule has 4 aliphatic rings. The Hall–Kier alpha value is -4.62. The van der Waals surface area contributed by atoms with Crippen molar-refractivity contribution in [1.29, 1.82) is 0 Å². The van der Waals surface area contributed by atoms with Gasteiger partial charge >= 0.3 is 5.97 Å². The first-order valence-corrected chi connectivity index (χ1v) is 22.1. The second-order valence-corrected chi connectivity index (χ2v) is 17.2. The van der Waals surface area contributed by atoms with Gasteiger partial charge in [-0.05, 0) is 109 Å². The van der Waals surface area contributed by atoms with Crippen LogP contribution in [-0.4, -0.2) is 103 Å². The molecule has 6 rings (SSSR count). The lowest BCUT2D eigenvalue weighted by atomic mass is 9.75. The number of imide groups is 1. The molecule has 0 aliphatic carbocycles. The summed E-state index contributed by atoms with van der Waals surface area (Å²) in [6.07, 6.45) is 14.6. The molecule has 2 aromatic carbocycles. The topological polar surface area (TPSA) is 173 Å². The van der Waals surface area contributed by atoms with Crippen LogP contribution in [0.15, 0.2) is 112 Å². The highest BCUT2D eigenvalue weighted by atomic mass is 32.2. The van der Waals surface area contributed by atoms with Crippen LogP contribution in [0.25, 0.3) is 0 Å². The van der Waals surface area contributed by atoms with Gasteiger partial charge in [-0.15, -0.1) is 5.06 Å². The Labute approximate surface area is 362 Å². The van der Waals surface area contributed by atoms with Crippen molar-refractivity contribution in [3.63, 3.8) is 0 Å². The molecule has 1 saturated heterocycles. The second-order valence-electron chi connectivity index (χ2n) is 15.2. The van der Waals surface area contributed by atoms with Gasteiger partial charge in [0.1, 0.15) is 6.17 Å². The van der Waals surface area contributed by atoms with Gasteiger partial charge < -0.3 is 28.3 Å². The summed E-state index contributed by atoms with van der Waals surface area (Å²) in [4.78, 5) is 70.7. The number of fused-ring (bicyclic) bond motifs is 2. The Morgan fingerprint density at radius 2 is 1.63 bits per heavy atom. The highest BCUT2D eigenvalue weighted by Gasteiger charge is 2.46. The molecule has 1 fully saturated rings. The summed E-state index contributed by atoms with van der Waals surface area (Å²) < 4.78 is 29.0. The first kappa shape index (κ1) is 44.9. The summed E-state index contributed by atoms with van der Waals surface area (Å²) in [6, 6.07) is 12.6. The number of carbonyl (C=O) groups is 4. The van der Waals surface area contributed by atoms with Gasteiger partial charge in [-0.2, -0.15) is 0 Å². The normalized spacial score (nSPS) is 21.5. The van der Waals surface area contributed by atoms with Crippen LogP contribution in [0.3, 0.4) is 0 Å². The van der Waals surface area contributed by atoms with E-state index >= 15 is 0 Å². The molecular weight excluding hydrogens is 827 g/mol. The van der Waals surface area contributed by atoms with Gasteiger partial charge in [0.05, 0.1) is 23.7 Å². The maximum absolute atomic E-state index is 13.2. The van der Waals surface area contributed by atoms with E-state index in [0.717, 1.165) is 57.9 Å². The first-order chi connectivity index (χ1) is 28.8. The molecule has 0 saturated carbocycles. The summed E-state index contributed by atoms with van der Waals surface area (Å²) in [5.41, 5.74) is 4.82. The summed E-state index contributed by atoms with van der Waals surface area (Å²) >= 11 is 2.22. The van der Waals surface area contributed by atoms with Gasteiger partial charge in [0.2, 0.25) is 0 Å². The largest absolute Gasteiger partial charge is 0.363 e. The summed E-state index contributed by atoms with van der Waals surface area (Å²) in [6.45, 7) is 7.43. The number of amides is 3. The minimum atomic E-state index is -0.822. The standard InChI is InChI=1S/C43H49N5O9S3/c1-42(2)33-25-29(40(51)45(4)56-5)27-46(21-9-23-58-53)39(33)44-35(42)11-7-6-8-12-36-43(3,32-26-31(60-55)17-18-34(32)47(36)22-10-24-59-54)30-15-13-28(14-16-30)41(52)57-48-37(49)19-20-38(48)50/h6-8,11-18,25-27,39,53-55H,9-10,19-24H2,1-5H3/b8-6+,11-7+,36-12+. The summed E-state index contributed by atoms with van der Waals surface area (Å²) in [5.74, 6) is -1.14. The van der Waals surface area contributed by atoms with Crippen LogP contribution in [0, 0.1) is 5.41 Å². The Balaban J connectivity index is 1.32. The van der Waals surface area contributed by atoms with Crippen molar-refractivity contribution in [3.8, 4) is 0 Å². The molecule has 0 spiro atoms. The maximum atomic E-state index is 13.2. The van der Waals surface area contributed by atoms with Crippen molar-refractivity contribution in [2.45, 2.75) is 62.9 Å². The van der Waals surface area contributed by atoms with Gasteiger partial charge in [-0.1, -0.05) is 44.2 Å². The number of carbonyl (C=O) groups excluding carboxylic acids is 4. The average molecular weight is 876 g/mol. The van der Waals surface area contributed by atoms with Crippen molar-refractivity contribution in [2.24, 2.45) is 10.4 Å². The number of allylic oxidation sites excluding steroid dienone is 6. The van der Waals surface area contributed by atoms with Gasteiger partial charge in [0.15, 0.2) is 0 Å². The number of nitrogens with zero attached hydrogens (tertiary/aromatic N) is 5. The number of hydroxylamine groups is 4. The first-order valence-electron chi connectivity index (χ1n) is 19.4. The summed E-state index contributed by atoms with van der Waals surface area (Å²) in [7, 11) is 3.01. The molecule has 3 N–H and O–H groups in total. The molecule has 2 aromatic rings. The number of benzene rings is 2. The molecule has 2 unspecified atom stereocenters. The number of rotatable bonds is 17. The highest BCUT2D eigenvalue weighted by Crippen LogP contribution is 2.53. The van der Waals surface area contributed by atoms with Crippen LogP contribution in [0.2, 0.25) is 0 Å². The molecule has 2 atom stereocenters. The van der Waals surface area contributed by atoms with Crippen LogP contribution in [0.4, 0.5) is 5.69 Å². The SMILES string of the molecule is CON(C)C(=O)C1=CN(CCCSO)C2N=C(/C=C/C=C/C=C3/N(CCCSO)c4ccc(SO)cc4C3(C)c3ccc(C(=O)ON4C(=O)CCC4=O)cc3)C(C)(C)C2=C1. The molecular formula is C43H49N5O9S3. The van der Waals surface area contributed by atoms with Gasteiger partial charge in [0, 0.05) is 90.1 Å². The molecule has 318 valence electrons. The van der Waals surface area contributed by atoms with Crippen LogP contribution < -0.4 is 4.90 Å². The second kappa shape index (κ2) is 19.4. The molecule has 0 aromatic heterocycles. The zero-order chi connectivity index (χ0) is 43.2. The van der Waals surface area contributed by atoms with Crippen LogP contribution in [-0.2, 0) is 29.5 Å². The Kier molecular flexibility index (Phi) is 14.5. The number of hydrogen-bond acceptors (Lipinski definition) is 15. The quantitative estimate of drug-likeness (QED) is 0.0463. The molecule has 0 bridgehead atoms. The predicted octanol–water partition coefficient (Wildman–Crippen LogP) is 7.74. The van der Waals surface area contributed by atoms with Crippen LogP contribution >= 0.6 is 36.1 Å². The Morgan fingerprint density at radius 3 is 2.28 bits per heavy atom. The molecule has 17 heteroatoms. The molecule has 4 heterocycles. The van der Waals surface area contributed by atoms with E-state index in [1.54, 1.807) is 19.2 Å². The summed E-state index contributed by atoms with van der Waals surface area (Å²) in [5, 5.41) is 1.72. The lowest BCUT2D eigenvalue weighted by Gasteiger charge is -2.34. The highest BCUT2D eigenvalue weighted by molar-refractivity contribution is 7.94.